The topological polar surface area (TPSA) is 65.8 Å². The van der Waals surface area contributed by atoms with Crippen LogP contribution < -0.4 is 0 Å². The lowest BCUT2D eigenvalue weighted by atomic mass is 9.81. The van der Waals surface area contributed by atoms with Crippen LogP contribution in [0.3, 0.4) is 0 Å². The van der Waals surface area contributed by atoms with Gasteiger partial charge in [0, 0.05) is 49.2 Å². The van der Waals surface area contributed by atoms with Crippen LogP contribution in [0.4, 0.5) is 0 Å². The van der Waals surface area contributed by atoms with E-state index in [0.29, 0.717) is 24.4 Å². The van der Waals surface area contributed by atoms with Crippen molar-refractivity contribution in [3.63, 3.8) is 0 Å². The Morgan fingerprint density at radius 1 is 0.944 bits per heavy atom. The Hall–Kier alpha value is -3.12. The number of likely N-dealkylation sites (N-methyl/N-ethyl adjacent to an activating group) is 1. The van der Waals surface area contributed by atoms with Crippen LogP contribution in [0.1, 0.15) is 59.5 Å². The van der Waals surface area contributed by atoms with Gasteiger partial charge in [0.15, 0.2) is 0 Å². The third-order valence-corrected chi connectivity index (χ3v) is 8.67. The molecule has 1 unspecified atom stereocenters. The molecule has 0 bridgehead atoms. The predicted molar refractivity (Wildman–Crippen MR) is 141 cm³/mol. The molecule has 2 aromatic carbocycles. The van der Waals surface area contributed by atoms with Crippen LogP contribution in [-0.2, 0) is 17.8 Å². The molecule has 1 aromatic heterocycles. The molecule has 1 N–H and O–H groups in total. The number of carbonyl (C=O) groups excluding carboxylic acids is 1. The van der Waals surface area contributed by atoms with Crippen molar-refractivity contribution in [2.24, 2.45) is 5.92 Å². The van der Waals surface area contributed by atoms with Crippen LogP contribution >= 0.6 is 0 Å². The molecule has 0 spiro atoms. The first kappa shape index (κ1) is 23.3. The van der Waals surface area contributed by atoms with E-state index in [4.69, 9.17) is 0 Å². The molecule has 2 fully saturated rings. The van der Waals surface area contributed by atoms with Crippen molar-refractivity contribution >= 4 is 22.8 Å². The van der Waals surface area contributed by atoms with E-state index in [1.54, 1.807) is 6.07 Å². The first-order chi connectivity index (χ1) is 17.5. The predicted octanol–water partition coefficient (Wildman–Crippen LogP) is 5.00. The summed E-state index contributed by atoms with van der Waals surface area (Å²) in [7, 11) is 2.11. The normalized spacial score (nSPS) is 21.1. The number of benzene rings is 2. The van der Waals surface area contributed by atoms with Crippen molar-refractivity contribution in [1.29, 1.82) is 0 Å². The number of carboxylic acid groups (broad SMARTS) is 1. The number of carbonyl (C=O) groups is 2. The number of carboxylic acids is 1. The minimum atomic E-state index is -0.911. The zero-order valence-corrected chi connectivity index (χ0v) is 21.1. The van der Waals surface area contributed by atoms with Crippen molar-refractivity contribution in [2.75, 3.05) is 33.2 Å². The molecule has 6 rings (SSSR count). The van der Waals surface area contributed by atoms with Crippen molar-refractivity contribution in [3.05, 3.63) is 59.2 Å². The molecule has 0 radical (unpaired) electrons. The van der Waals surface area contributed by atoms with Gasteiger partial charge in [0.25, 0.3) is 0 Å². The lowest BCUT2D eigenvalue weighted by molar-refractivity contribution is -0.137. The van der Waals surface area contributed by atoms with Crippen LogP contribution in [0, 0.1) is 5.92 Å². The largest absolute Gasteiger partial charge is 0.478 e. The number of nitrogens with zero attached hydrogens (tertiary/aromatic N) is 3. The highest BCUT2D eigenvalue weighted by atomic mass is 16.4. The lowest BCUT2D eigenvalue weighted by Crippen LogP contribution is -2.49. The number of rotatable bonds is 3. The first-order valence-electron chi connectivity index (χ1n) is 13.5. The summed E-state index contributed by atoms with van der Waals surface area (Å²) >= 11 is 0. The molecule has 2 aliphatic heterocycles. The maximum Gasteiger partial charge on any atom is 0.335 e. The van der Waals surface area contributed by atoms with Crippen LogP contribution in [0.2, 0.25) is 0 Å². The minimum absolute atomic E-state index is 0.168. The van der Waals surface area contributed by atoms with Gasteiger partial charge in [-0.25, -0.2) is 4.79 Å². The van der Waals surface area contributed by atoms with E-state index in [1.165, 1.54) is 54.5 Å². The van der Waals surface area contributed by atoms with E-state index >= 15 is 0 Å². The molecule has 6 heteroatoms. The quantitative estimate of drug-likeness (QED) is 0.567. The zero-order chi connectivity index (χ0) is 24.8. The van der Waals surface area contributed by atoms with Gasteiger partial charge in [-0.2, -0.15) is 0 Å². The number of aromatic nitrogens is 1. The summed E-state index contributed by atoms with van der Waals surface area (Å²) in [6.07, 6.45) is 6.79. The van der Waals surface area contributed by atoms with Gasteiger partial charge in [-0.15, -0.1) is 0 Å². The van der Waals surface area contributed by atoms with E-state index in [2.05, 4.69) is 40.8 Å². The number of amides is 1. The third kappa shape index (κ3) is 4.01. The highest BCUT2D eigenvalue weighted by molar-refractivity contribution is 5.99. The Bertz CT molecular complexity index is 1310. The van der Waals surface area contributed by atoms with E-state index in [1.807, 2.05) is 17.0 Å². The Kier molecular flexibility index (Phi) is 6.08. The Balaban J connectivity index is 1.53. The highest BCUT2D eigenvalue weighted by Crippen LogP contribution is 2.46. The van der Waals surface area contributed by atoms with Gasteiger partial charge in [-0.05, 0) is 55.5 Å². The van der Waals surface area contributed by atoms with Crippen LogP contribution in [0.25, 0.3) is 22.2 Å². The summed E-state index contributed by atoms with van der Waals surface area (Å²) < 4.78 is 2.30. The highest BCUT2D eigenvalue weighted by Gasteiger charge is 2.35. The number of fused-ring (bicyclic) bond motifs is 5. The lowest BCUT2D eigenvalue weighted by Gasteiger charge is -2.34. The molecular formula is C30H35N3O3. The average Bonchev–Trinajstić information content (AvgIpc) is 3.11. The average molecular weight is 486 g/mol. The van der Waals surface area contributed by atoms with Gasteiger partial charge < -0.3 is 19.5 Å². The van der Waals surface area contributed by atoms with E-state index in [-0.39, 0.29) is 11.8 Å². The van der Waals surface area contributed by atoms with Gasteiger partial charge in [0.1, 0.15) is 0 Å². The van der Waals surface area contributed by atoms with Crippen LogP contribution in [0.15, 0.2) is 42.5 Å². The van der Waals surface area contributed by atoms with Crippen molar-refractivity contribution in [3.8, 4) is 11.3 Å². The molecule has 3 aliphatic rings. The SMILES string of the molecule is CN1CCN(C(=O)C2Cc3ccccc3-c3c(C4CCCCC4)c4ccc(C(=O)O)cc4n3C2)CC1. The van der Waals surface area contributed by atoms with E-state index in [0.717, 1.165) is 37.1 Å². The van der Waals surface area contributed by atoms with Crippen molar-refractivity contribution in [1.82, 2.24) is 14.4 Å². The number of aromatic carboxylic acids is 1. The molecule has 6 nitrogen and oxygen atoms in total. The second kappa shape index (κ2) is 9.40. The monoisotopic (exact) mass is 485 g/mol. The minimum Gasteiger partial charge on any atom is -0.478 e. The number of hydrogen-bond acceptors (Lipinski definition) is 3. The van der Waals surface area contributed by atoms with Gasteiger partial charge in [-0.1, -0.05) is 49.6 Å². The summed E-state index contributed by atoms with van der Waals surface area (Å²) in [6.45, 7) is 3.93. The summed E-state index contributed by atoms with van der Waals surface area (Å²) in [5.74, 6) is -0.392. The Morgan fingerprint density at radius 3 is 2.44 bits per heavy atom. The third-order valence-electron chi connectivity index (χ3n) is 8.67. The standard InChI is InChI=1S/C30H35N3O3/c1-31-13-15-32(16-14-31)29(34)23-17-21-9-5-6-10-24(21)28-27(20-7-3-2-4-8-20)25-12-11-22(30(35)36)18-26(25)33(28)19-23/h5-6,9-12,18,20,23H,2-4,7-8,13-17,19H2,1H3,(H,35,36). The summed E-state index contributed by atoms with van der Waals surface area (Å²) in [4.78, 5) is 30.1. The van der Waals surface area contributed by atoms with Crippen molar-refractivity contribution < 1.29 is 14.7 Å². The summed E-state index contributed by atoms with van der Waals surface area (Å²) in [6, 6.07) is 14.2. The molecule has 1 aliphatic carbocycles. The van der Waals surface area contributed by atoms with Crippen LogP contribution in [-0.4, -0.2) is 64.6 Å². The van der Waals surface area contributed by atoms with Gasteiger partial charge >= 0.3 is 5.97 Å². The van der Waals surface area contributed by atoms with Crippen molar-refractivity contribution in [2.45, 2.75) is 51.0 Å². The Labute approximate surface area is 212 Å². The molecular weight excluding hydrogens is 450 g/mol. The smallest absolute Gasteiger partial charge is 0.335 e. The number of piperazine rings is 1. The molecule has 1 saturated heterocycles. The summed E-state index contributed by atoms with van der Waals surface area (Å²) in [5.41, 5.74) is 6.27. The fourth-order valence-electron chi connectivity index (χ4n) is 6.72. The maximum atomic E-state index is 13.9. The second-order valence-corrected chi connectivity index (χ2v) is 10.9. The molecule has 188 valence electrons. The molecule has 1 saturated carbocycles. The molecule has 3 heterocycles. The molecule has 1 atom stereocenters. The molecule has 1 amide bonds. The van der Waals surface area contributed by atoms with Crippen LogP contribution in [0.5, 0.6) is 0 Å². The van der Waals surface area contributed by atoms with Gasteiger partial charge in [0.2, 0.25) is 5.91 Å². The molecule has 36 heavy (non-hydrogen) atoms. The first-order valence-corrected chi connectivity index (χ1v) is 13.5. The molecule has 3 aromatic rings. The fraction of sp³-hybridized carbons (Fsp3) is 0.467. The zero-order valence-electron chi connectivity index (χ0n) is 21.1. The van der Waals surface area contributed by atoms with E-state index < -0.39 is 5.97 Å². The Morgan fingerprint density at radius 2 is 1.69 bits per heavy atom. The summed E-state index contributed by atoms with van der Waals surface area (Å²) in [5, 5.41) is 10.9. The number of hydrogen-bond donors (Lipinski definition) is 1. The maximum absolute atomic E-state index is 13.9. The van der Waals surface area contributed by atoms with Gasteiger partial charge in [0.05, 0.1) is 17.2 Å². The van der Waals surface area contributed by atoms with E-state index in [9.17, 15) is 14.7 Å². The second-order valence-electron chi connectivity index (χ2n) is 10.9. The van der Waals surface area contributed by atoms with Gasteiger partial charge in [-0.3, -0.25) is 4.79 Å². The fourth-order valence-corrected chi connectivity index (χ4v) is 6.72.